The lowest BCUT2D eigenvalue weighted by Gasteiger charge is -1.96. The summed E-state index contributed by atoms with van der Waals surface area (Å²) in [5, 5.41) is 3.41. The van der Waals surface area contributed by atoms with E-state index in [-0.39, 0.29) is 0 Å². The molecule has 0 aliphatic rings. The smallest absolute Gasteiger partial charge is 0.0872 e. The van der Waals surface area contributed by atoms with Crippen molar-refractivity contribution in [2.45, 2.75) is 41.5 Å². The lowest BCUT2D eigenvalue weighted by atomic mass is 10.1. The molecule has 0 N–H and O–H groups in total. The van der Waals surface area contributed by atoms with Crippen LogP contribution in [0.4, 0.5) is 0 Å². The largest absolute Gasteiger partial charge is 0.192 e. The molecule has 84 valence electrons. The summed E-state index contributed by atoms with van der Waals surface area (Å²) in [4.78, 5) is 0. The van der Waals surface area contributed by atoms with Crippen LogP contribution >= 0.6 is 11.5 Å². The Balaban J connectivity index is 0.000000442. The average Bonchev–Trinajstić information content (AvgIpc) is 2.79. The minimum absolute atomic E-state index is 1.16. The number of aromatic nitrogens is 1. The zero-order chi connectivity index (χ0) is 11.8. The van der Waals surface area contributed by atoms with E-state index < -0.39 is 0 Å². The van der Waals surface area contributed by atoms with Crippen molar-refractivity contribution in [1.29, 1.82) is 0 Å². The lowest BCUT2D eigenvalue weighted by Crippen LogP contribution is -1.78. The van der Waals surface area contributed by atoms with Crippen LogP contribution in [0, 0.1) is 13.8 Å². The number of hydrogen-bond acceptors (Lipinski definition) is 2. The van der Waals surface area contributed by atoms with Crippen molar-refractivity contribution in [2.75, 3.05) is 0 Å². The highest BCUT2D eigenvalue weighted by Crippen LogP contribution is 2.22. The maximum atomic E-state index is 4.32. The SMILES string of the molecule is CC.CC.Cc1ccc(C)c2nscc12. The molecule has 1 aromatic heterocycles. The molecule has 1 nitrogen and oxygen atoms in total. The second-order valence-corrected chi connectivity index (χ2v) is 3.41. The molecule has 15 heavy (non-hydrogen) atoms. The van der Waals surface area contributed by atoms with E-state index in [9.17, 15) is 0 Å². The predicted molar refractivity (Wildman–Crippen MR) is 71.8 cm³/mol. The van der Waals surface area contributed by atoms with Gasteiger partial charge in [-0.1, -0.05) is 39.8 Å². The summed E-state index contributed by atoms with van der Waals surface area (Å²) in [5.41, 5.74) is 3.75. The van der Waals surface area contributed by atoms with E-state index in [1.807, 2.05) is 27.7 Å². The third kappa shape index (κ3) is 3.31. The zero-order valence-corrected chi connectivity index (χ0v) is 11.4. The molecule has 0 unspecified atom stereocenters. The molecule has 0 atom stereocenters. The van der Waals surface area contributed by atoms with Gasteiger partial charge in [-0.3, -0.25) is 0 Å². The number of nitrogens with zero attached hydrogens (tertiary/aromatic N) is 1. The maximum absolute atomic E-state index is 4.32. The van der Waals surface area contributed by atoms with Crippen LogP contribution in [0.1, 0.15) is 38.8 Å². The Morgan fingerprint density at radius 2 is 1.47 bits per heavy atom. The molecule has 0 amide bonds. The van der Waals surface area contributed by atoms with Crippen LogP contribution in [0.25, 0.3) is 10.9 Å². The Hall–Kier alpha value is -0.890. The van der Waals surface area contributed by atoms with Crippen molar-refractivity contribution in [2.24, 2.45) is 0 Å². The second-order valence-electron chi connectivity index (χ2n) is 2.78. The Kier molecular flexibility index (Phi) is 6.97. The number of hydrogen-bond donors (Lipinski definition) is 0. The average molecular weight is 223 g/mol. The molecule has 0 aliphatic heterocycles. The van der Waals surface area contributed by atoms with Crippen molar-refractivity contribution in [3.63, 3.8) is 0 Å². The zero-order valence-electron chi connectivity index (χ0n) is 10.6. The van der Waals surface area contributed by atoms with Gasteiger partial charge in [-0.15, -0.1) is 0 Å². The number of fused-ring (bicyclic) bond motifs is 1. The Morgan fingerprint density at radius 3 is 2.00 bits per heavy atom. The van der Waals surface area contributed by atoms with Crippen LogP contribution in [0.3, 0.4) is 0 Å². The van der Waals surface area contributed by atoms with Gasteiger partial charge in [0.1, 0.15) is 0 Å². The van der Waals surface area contributed by atoms with E-state index in [1.165, 1.54) is 28.0 Å². The van der Waals surface area contributed by atoms with Gasteiger partial charge in [0.25, 0.3) is 0 Å². The van der Waals surface area contributed by atoms with E-state index in [0.29, 0.717) is 0 Å². The summed E-state index contributed by atoms with van der Waals surface area (Å²) in [6.07, 6.45) is 0. The molecule has 0 saturated heterocycles. The van der Waals surface area contributed by atoms with Gasteiger partial charge in [-0.05, 0) is 36.5 Å². The fourth-order valence-corrected chi connectivity index (χ4v) is 2.02. The van der Waals surface area contributed by atoms with Gasteiger partial charge in [0.2, 0.25) is 0 Å². The highest BCUT2D eigenvalue weighted by atomic mass is 32.1. The lowest BCUT2D eigenvalue weighted by molar-refractivity contribution is 1.44. The van der Waals surface area contributed by atoms with Gasteiger partial charge >= 0.3 is 0 Å². The fraction of sp³-hybridized carbons (Fsp3) is 0.462. The van der Waals surface area contributed by atoms with Gasteiger partial charge < -0.3 is 0 Å². The molecule has 2 aromatic rings. The molecule has 0 radical (unpaired) electrons. The van der Waals surface area contributed by atoms with Crippen LogP contribution in [0.5, 0.6) is 0 Å². The van der Waals surface area contributed by atoms with Crippen LogP contribution in [-0.4, -0.2) is 4.37 Å². The van der Waals surface area contributed by atoms with E-state index in [2.05, 4.69) is 35.7 Å². The first-order chi connectivity index (χ1) is 7.29. The highest BCUT2D eigenvalue weighted by molar-refractivity contribution is 7.04. The second kappa shape index (κ2) is 7.41. The van der Waals surface area contributed by atoms with Gasteiger partial charge in [0.15, 0.2) is 0 Å². The molecule has 1 heterocycles. The normalized spacial score (nSPS) is 8.67. The minimum Gasteiger partial charge on any atom is -0.192 e. The third-order valence-electron chi connectivity index (χ3n) is 1.95. The molecule has 0 saturated carbocycles. The highest BCUT2D eigenvalue weighted by Gasteiger charge is 2.01. The standard InChI is InChI=1S/C9H9NS.2C2H6/c1-6-3-4-7(2)9-8(6)5-11-10-9;2*1-2/h3-5H,1-2H3;2*1-2H3. The van der Waals surface area contributed by atoms with E-state index in [0.717, 1.165) is 5.52 Å². The van der Waals surface area contributed by atoms with Crippen molar-refractivity contribution < 1.29 is 0 Å². The van der Waals surface area contributed by atoms with E-state index in [1.54, 1.807) is 0 Å². The summed E-state index contributed by atoms with van der Waals surface area (Å²) in [6.45, 7) is 12.2. The van der Waals surface area contributed by atoms with Crippen LogP contribution < -0.4 is 0 Å². The van der Waals surface area contributed by atoms with Crippen LogP contribution in [-0.2, 0) is 0 Å². The van der Waals surface area contributed by atoms with Gasteiger partial charge in [0, 0.05) is 10.8 Å². The minimum atomic E-state index is 1.16. The first-order valence-electron chi connectivity index (χ1n) is 5.59. The summed E-state index contributed by atoms with van der Waals surface area (Å²) in [7, 11) is 0. The van der Waals surface area contributed by atoms with E-state index in [4.69, 9.17) is 0 Å². The molecule has 2 heteroatoms. The van der Waals surface area contributed by atoms with Crippen molar-refractivity contribution in [3.8, 4) is 0 Å². The fourth-order valence-electron chi connectivity index (χ4n) is 1.22. The Labute approximate surface area is 97.3 Å². The summed E-state index contributed by atoms with van der Waals surface area (Å²) in [5.74, 6) is 0. The van der Waals surface area contributed by atoms with Gasteiger partial charge in [-0.25, -0.2) is 0 Å². The molecule has 0 bridgehead atoms. The third-order valence-corrected chi connectivity index (χ3v) is 2.58. The summed E-state index contributed by atoms with van der Waals surface area (Å²) in [6, 6.07) is 4.27. The van der Waals surface area contributed by atoms with Crippen LogP contribution in [0.15, 0.2) is 17.5 Å². The monoisotopic (exact) mass is 223 g/mol. The summed E-state index contributed by atoms with van der Waals surface area (Å²) < 4.78 is 4.32. The molecular weight excluding hydrogens is 202 g/mol. The van der Waals surface area contributed by atoms with Crippen molar-refractivity contribution in [1.82, 2.24) is 4.37 Å². The number of benzene rings is 1. The first-order valence-corrected chi connectivity index (χ1v) is 6.43. The van der Waals surface area contributed by atoms with Crippen LogP contribution in [0.2, 0.25) is 0 Å². The first kappa shape index (κ1) is 14.1. The van der Waals surface area contributed by atoms with Crippen molar-refractivity contribution in [3.05, 3.63) is 28.6 Å². The van der Waals surface area contributed by atoms with E-state index >= 15 is 0 Å². The molecule has 1 aromatic carbocycles. The number of aryl methyl sites for hydroxylation is 2. The van der Waals surface area contributed by atoms with Crippen molar-refractivity contribution >= 4 is 22.4 Å². The predicted octanol–water partition coefficient (Wildman–Crippen LogP) is 4.97. The molecule has 0 fully saturated rings. The van der Waals surface area contributed by atoms with Gasteiger partial charge in [-0.2, -0.15) is 4.37 Å². The van der Waals surface area contributed by atoms with Gasteiger partial charge in [0.05, 0.1) is 5.52 Å². The topological polar surface area (TPSA) is 12.9 Å². The Morgan fingerprint density at radius 1 is 0.933 bits per heavy atom. The quantitative estimate of drug-likeness (QED) is 0.614. The molecule has 2 rings (SSSR count). The maximum Gasteiger partial charge on any atom is 0.0872 e. The molecule has 0 spiro atoms. The molecule has 0 aliphatic carbocycles. The summed E-state index contributed by atoms with van der Waals surface area (Å²) >= 11 is 1.53. The Bertz CT molecular complexity index is 354. The molecular formula is C13H21NS. The number of rotatable bonds is 0.